The van der Waals surface area contributed by atoms with Gasteiger partial charge >= 0.3 is 0 Å². The fourth-order valence-corrected chi connectivity index (χ4v) is 1.61. The SMILES string of the molecule is CNCC(C)C(=O)NCc1cncs1. The molecule has 1 heterocycles. The van der Waals surface area contributed by atoms with Crippen LogP contribution in [0.3, 0.4) is 0 Å². The van der Waals surface area contributed by atoms with E-state index in [2.05, 4.69) is 15.6 Å². The maximum absolute atomic E-state index is 11.5. The molecule has 0 saturated heterocycles. The van der Waals surface area contributed by atoms with Gasteiger partial charge in [0, 0.05) is 23.5 Å². The molecule has 0 spiro atoms. The lowest BCUT2D eigenvalue weighted by atomic mass is 10.1. The molecule has 0 radical (unpaired) electrons. The van der Waals surface area contributed by atoms with Gasteiger partial charge in [-0.3, -0.25) is 9.78 Å². The number of rotatable bonds is 5. The van der Waals surface area contributed by atoms with Gasteiger partial charge in [-0.1, -0.05) is 6.92 Å². The topological polar surface area (TPSA) is 54.0 Å². The van der Waals surface area contributed by atoms with Crippen LogP contribution >= 0.6 is 11.3 Å². The van der Waals surface area contributed by atoms with E-state index in [-0.39, 0.29) is 11.8 Å². The molecule has 0 fully saturated rings. The predicted octanol–water partition coefficient (Wildman–Crippen LogP) is 0.615. The van der Waals surface area contributed by atoms with Gasteiger partial charge in [-0.15, -0.1) is 11.3 Å². The van der Waals surface area contributed by atoms with Crippen molar-refractivity contribution in [1.82, 2.24) is 15.6 Å². The van der Waals surface area contributed by atoms with Crippen molar-refractivity contribution in [3.8, 4) is 0 Å². The Labute approximate surface area is 87.7 Å². The summed E-state index contributed by atoms with van der Waals surface area (Å²) in [6.45, 7) is 3.19. The molecule has 1 aromatic heterocycles. The molecular formula is C9H15N3OS. The molecular weight excluding hydrogens is 198 g/mol. The lowest BCUT2D eigenvalue weighted by Crippen LogP contribution is -2.33. The van der Waals surface area contributed by atoms with E-state index in [0.717, 1.165) is 4.88 Å². The van der Waals surface area contributed by atoms with Crippen molar-refractivity contribution >= 4 is 17.2 Å². The number of amides is 1. The van der Waals surface area contributed by atoms with E-state index in [4.69, 9.17) is 0 Å². The average molecular weight is 213 g/mol. The molecule has 1 atom stereocenters. The first kappa shape index (κ1) is 11.1. The van der Waals surface area contributed by atoms with Crippen molar-refractivity contribution in [2.75, 3.05) is 13.6 Å². The third-order valence-electron chi connectivity index (χ3n) is 1.88. The summed E-state index contributed by atoms with van der Waals surface area (Å²) in [6, 6.07) is 0. The van der Waals surface area contributed by atoms with Gasteiger partial charge in [-0.25, -0.2) is 0 Å². The highest BCUT2D eigenvalue weighted by atomic mass is 32.1. The van der Waals surface area contributed by atoms with Crippen molar-refractivity contribution in [3.63, 3.8) is 0 Å². The van der Waals surface area contributed by atoms with Crippen LogP contribution < -0.4 is 10.6 Å². The summed E-state index contributed by atoms with van der Waals surface area (Å²) < 4.78 is 0. The quantitative estimate of drug-likeness (QED) is 0.753. The Morgan fingerprint density at radius 2 is 2.50 bits per heavy atom. The minimum absolute atomic E-state index is 0.00733. The van der Waals surface area contributed by atoms with Crippen molar-refractivity contribution < 1.29 is 4.79 Å². The zero-order valence-corrected chi connectivity index (χ0v) is 9.23. The van der Waals surface area contributed by atoms with Gasteiger partial charge < -0.3 is 10.6 Å². The second-order valence-electron chi connectivity index (χ2n) is 3.14. The molecule has 1 unspecified atom stereocenters. The van der Waals surface area contributed by atoms with Gasteiger partial charge in [-0.2, -0.15) is 0 Å². The first-order chi connectivity index (χ1) is 6.74. The molecule has 0 aromatic carbocycles. The van der Waals surface area contributed by atoms with Crippen LogP contribution in [0, 0.1) is 5.92 Å². The van der Waals surface area contributed by atoms with Gasteiger partial charge in [0.05, 0.1) is 12.1 Å². The predicted molar refractivity (Wildman–Crippen MR) is 57.1 cm³/mol. The summed E-state index contributed by atoms with van der Waals surface area (Å²) in [5, 5.41) is 5.83. The number of carbonyl (C=O) groups is 1. The van der Waals surface area contributed by atoms with Crippen molar-refractivity contribution in [2.24, 2.45) is 5.92 Å². The molecule has 0 aliphatic carbocycles. The third-order valence-corrected chi connectivity index (χ3v) is 2.66. The highest BCUT2D eigenvalue weighted by Gasteiger charge is 2.10. The molecule has 14 heavy (non-hydrogen) atoms. The van der Waals surface area contributed by atoms with Gasteiger partial charge in [0.2, 0.25) is 5.91 Å². The number of nitrogens with one attached hydrogen (secondary N) is 2. The van der Waals surface area contributed by atoms with Crippen LogP contribution in [0.5, 0.6) is 0 Å². The zero-order valence-electron chi connectivity index (χ0n) is 8.41. The largest absolute Gasteiger partial charge is 0.351 e. The Morgan fingerprint density at radius 1 is 1.71 bits per heavy atom. The van der Waals surface area contributed by atoms with Crippen LogP contribution in [-0.2, 0) is 11.3 Å². The highest BCUT2D eigenvalue weighted by molar-refractivity contribution is 7.09. The number of aromatic nitrogens is 1. The van der Waals surface area contributed by atoms with Crippen molar-refractivity contribution in [2.45, 2.75) is 13.5 Å². The van der Waals surface area contributed by atoms with Crippen molar-refractivity contribution in [1.29, 1.82) is 0 Å². The number of hydrogen-bond acceptors (Lipinski definition) is 4. The minimum atomic E-state index is 0.00733. The first-order valence-electron chi connectivity index (χ1n) is 4.53. The second-order valence-corrected chi connectivity index (χ2v) is 4.12. The van der Waals surface area contributed by atoms with Gasteiger partial charge in [0.25, 0.3) is 0 Å². The van der Waals surface area contributed by atoms with E-state index in [1.165, 1.54) is 0 Å². The van der Waals surface area contributed by atoms with E-state index >= 15 is 0 Å². The van der Waals surface area contributed by atoms with E-state index in [0.29, 0.717) is 13.1 Å². The Hall–Kier alpha value is -0.940. The summed E-state index contributed by atoms with van der Waals surface area (Å²) in [4.78, 5) is 16.5. The van der Waals surface area contributed by atoms with Gasteiger partial charge in [0.1, 0.15) is 0 Å². The maximum Gasteiger partial charge on any atom is 0.224 e. The molecule has 0 aliphatic heterocycles. The summed E-state index contributed by atoms with van der Waals surface area (Å²) >= 11 is 1.55. The molecule has 1 aromatic rings. The molecule has 0 saturated carbocycles. The Bertz CT molecular complexity index is 274. The Kier molecular flexibility index (Phi) is 4.55. The first-order valence-corrected chi connectivity index (χ1v) is 5.41. The lowest BCUT2D eigenvalue weighted by Gasteiger charge is -2.10. The standard InChI is InChI=1S/C9H15N3OS/c1-7(3-10-2)9(13)12-5-8-4-11-6-14-8/h4,6-7,10H,3,5H2,1-2H3,(H,12,13). The lowest BCUT2D eigenvalue weighted by molar-refractivity contribution is -0.124. The summed E-state index contributed by atoms with van der Waals surface area (Å²) in [5.41, 5.74) is 1.76. The van der Waals surface area contributed by atoms with Gasteiger partial charge in [-0.05, 0) is 7.05 Å². The minimum Gasteiger partial charge on any atom is -0.351 e. The van der Waals surface area contributed by atoms with Crippen molar-refractivity contribution in [3.05, 3.63) is 16.6 Å². The Balaban J connectivity index is 2.27. The second kappa shape index (κ2) is 5.72. The van der Waals surface area contributed by atoms with Crippen LogP contribution in [0.15, 0.2) is 11.7 Å². The fourth-order valence-electron chi connectivity index (χ4n) is 1.08. The number of thiazole rings is 1. The van der Waals surface area contributed by atoms with Crippen LogP contribution in [-0.4, -0.2) is 24.5 Å². The van der Waals surface area contributed by atoms with Crippen LogP contribution in [0.25, 0.3) is 0 Å². The normalized spacial score (nSPS) is 12.4. The van der Waals surface area contributed by atoms with E-state index in [9.17, 15) is 4.79 Å². The summed E-state index contributed by atoms with van der Waals surface area (Å²) in [7, 11) is 1.84. The third kappa shape index (κ3) is 3.43. The summed E-state index contributed by atoms with van der Waals surface area (Å²) in [6.07, 6.45) is 1.77. The number of hydrogen-bond donors (Lipinski definition) is 2. The van der Waals surface area contributed by atoms with E-state index in [1.54, 1.807) is 23.0 Å². The highest BCUT2D eigenvalue weighted by Crippen LogP contribution is 2.04. The van der Waals surface area contributed by atoms with Crippen LogP contribution in [0.1, 0.15) is 11.8 Å². The summed E-state index contributed by atoms with van der Waals surface area (Å²) in [5.74, 6) is 0.0840. The molecule has 78 valence electrons. The molecule has 5 heteroatoms. The maximum atomic E-state index is 11.5. The molecule has 2 N–H and O–H groups in total. The van der Waals surface area contributed by atoms with E-state index in [1.807, 2.05) is 14.0 Å². The number of carbonyl (C=O) groups excluding carboxylic acids is 1. The number of nitrogens with zero attached hydrogens (tertiary/aromatic N) is 1. The molecule has 1 rings (SSSR count). The van der Waals surface area contributed by atoms with Gasteiger partial charge in [0.15, 0.2) is 0 Å². The average Bonchev–Trinajstić information content (AvgIpc) is 2.67. The molecule has 1 amide bonds. The molecule has 0 bridgehead atoms. The van der Waals surface area contributed by atoms with E-state index < -0.39 is 0 Å². The van der Waals surface area contributed by atoms with Crippen LogP contribution in [0.2, 0.25) is 0 Å². The monoisotopic (exact) mass is 213 g/mol. The fraction of sp³-hybridized carbons (Fsp3) is 0.556. The molecule has 4 nitrogen and oxygen atoms in total. The molecule has 0 aliphatic rings. The van der Waals surface area contributed by atoms with Crippen LogP contribution in [0.4, 0.5) is 0 Å². The zero-order chi connectivity index (χ0) is 10.4. The smallest absolute Gasteiger partial charge is 0.224 e. The Morgan fingerprint density at radius 3 is 3.07 bits per heavy atom.